The third-order valence-corrected chi connectivity index (χ3v) is 4.97. The first-order chi connectivity index (χ1) is 14.1. The summed E-state index contributed by atoms with van der Waals surface area (Å²) < 4.78 is 5.55. The molecule has 4 rings (SSSR count). The molecule has 1 aliphatic heterocycles. The maximum atomic E-state index is 12.4. The maximum absolute atomic E-state index is 12.4. The molecule has 146 valence electrons. The first kappa shape index (κ1) is 19.1. The van der Waals surface area contributed by atoms with E-state index in [2.05, 4.69) is 22.1 Å². The van der Waals surface area contributed by atoms with Crippen molar-refractivity contribution in [2.75, 3.05) is 23.3 Å². The molecule has 1 fully saturated rings. The third kappa shape index (κ3) is 4.80. The highest BCUT2D eigenvalue weighted by molar-refractivity contribution is 6.30. The molecular weight excluding hydrogens is 386 g/mol. The van der Waals surface area contributed by atoms with Gasteiger partial charge in [0.15, 0.2) is 11.5 Å². The van der Waals surface area contributed by atoms with Crippen molar-refractivity contribution in [2.24, 2.45) is 5.73 Å². The summed E-state index contributed by atoms with van der Waals surface area (Å²) in [7, 11) is 0. The molecule has 1 amide bonds. The van der Waals surface area contributed by atoms with Gasteiger partial charge in [-0.05, 0) is 73.0 Å². The topological polar surface area (TPSA) is 71.5 Å². The number of furan rings is 1. The highest BCUT2D eigenvalue weighted by atomic mass is 35.5. The van der Waals surface area contributed by atoms with E-state index in [9.17, 15) is 4.79 Å². The lowest BCUT2D eigenvalue weighted by Gasteiger charge is -2.18. The summed E-state index contributed by atoms with van der Waals surface area (Å²) >= 11 is 5.86. The number of amides is 1. The molecule has 6 heteroatoms. The molecule has 2 heterocycles. The average molecular weight is 406 g/mol. The van der Waals surface area contributed by atoms with Crippen LogP contribution in [0, 0.1) is 11.8 Å². The smallest absolute Gasteiger partial charge is 0.291 e. The van der Waals surface area contributed by atoms with E-state index in [1.165, 1.54) is 0 Å². The maximum Gasteiger partial charge on any atom is 0.291 e. The molecule has 0 aliphatic carbocycles. The van der Waals surface area contributed by atoms with Crippen molar-refractivity contribution in [1.29, 1.82) is 0 Å². The second kappa shape index (κ2) is 8.44. The summed E-state index contributed by atoms with van der Waals surface area (Å²) in [6.45, 7) is 1.82. The summed E-state index contributed by atoms with van der Waals surface area (Å²) in [5.74, 6) is 6.20. The van der Waals surface area contributed by atoms with Gasteiger partial charge in [0, 0.05) is 41.1 Å². The van der Waals surface area contributed by atoms with Crippen molar-refractivity contribution in [3.05, 3.63) is 82.8 Å². The lowest BCUT2D eigenvalue weighted by Crippen LogP contribution is -2.26. The van der Waals surface area contributed by atoms with Gasteiger partial charge in [0.2, 0.25) is 0 Å². The van der Waals surface area contributed by atoms with Crippen molar-refractivity contribution in [3.8, 4) is 11.8 Å². The largest absolute Gasteiger partial charge is 0.443 e. The lowest BCUT2D eigenvalue weighted by atomic mass is 10.2. The van der Waals surface area contributed by atoms with Gasteiger partial charge >= 0.3 is 0 Å². The Morgan fingerprint density at radius 3 is 2.52 bits per heavy atom. The highest BCUT2D eigenvalue weighted by Crippen LogP contribution is 2.22. The van der Waals surface area contributed by atoms with E-state index in [0.29, 0.717) is 16.5 Å². The van der Waals surface area contributed by atoms with Crippen LogP contribution in [0.25, 0.3) is 0 Å². The Kier molecular flexibility index (Phi) is 5.57. The summed E-state index contributed by atoms with van der Waals surface area (Å²) in [5, 5.41) is 3.50. The van der Waals surface area contributed by atoms with Crippen molar-refractivity contribution >= 4 is 28.9 Å². The zero-order chi connectivity index (χ0) is 20.2. The number of carbonyl (C=O) groups excluding carboxylic acids is 1. The molecule has 2 aromatic carbocycles. The Labute approximate surface area is 174 Å². The number of benzene rings is 2. The molecule has 5 nitrogen and oxygen atoms in total. The number of anilines is 2. The van der Waals surface area contributed by atoms with E-state index in [0.717, 1.165) is 30.8 Å². The van der Waals surface area contributed by atoms with Crippen LogP contribution in [0.4, 0.5) is 11.4 Å². The summed E-state index contributed by atoms with van der Waals surface area (Å²) in [6.07, 6.45) is 1.00. The van der Waals surface area contributed by atoms with Crippen LogP contribution in [-0.2, 0) is 0 Å². The Bertz CT molecular complexity index is 1060. The van der Waals surface area contributed by atoms with Gasteiger partial charge in [0.05, 0.1) is 0 Å². The number of halogens is 1. The van der Waals surface area contributed by atoms with E-state index < -0.39 is 0 Å². The predicted molar refractivity (Wildman–Crippen MR) is 115 cm³/mol. The number of hydrogen-bond donors (Lipinski definition) is 2. The molecule has 1 aromatic heterocycles. The van der Waals surface area contributed by atoms with Gasteiger partial charge < -0.3 is 20.4 Å². The molecule has 0 bridgehead atoms. The van der Waals surface area contributed by atoms with E-state index in [1.54, 1.807) is 24.3 Å². The number of nitrogens with zero attached hydrogens (tertiary/aromatic N) is 1. The first-order valence-corrected chi connectivity index (χ1v) is 9.74. The molecule has 3 N–H and O–H groups in total. The molecule has 1 saturated heterocycles. The highest BCUT2D eigenvalue weighted by Gasteiger charge is 2.19. The molecule has 0 spiro atoms. The van der Waals surface area contributed by atoms with Crippen LogP contribution in [0.15, 0.2) is 65.1 Å². The monoisotopic (exact) mass is 405 g/mol. The Morgan fingerprint density at radius 2 is 1.83 bits per heavy atom. The summed E-state index contributed by atoms with van der Waals surface area (Å²) in [4.78, 5) is 14.7. The van der Waals surface area contributed by atoms with E-state index >= 15 is 0 Å². The zero-order valence-corrected chi connectivity index (χ0v) is 16.4. The van der Waals surface area contributed by atoms with Gasteiger partial charge in [-0.1, -0.05) is 17.5 Å². The van der Waals surface area contributed by atoms with E-state index in [-0.39, 0.29) is 17.7 Å². The third-order valence-electron chi connectivity index (χ3n) is 4.72. The Hall–Kier alpha value is -3.20. The number of nitrogens with two attached hydrogens (primary N) is 1. The first-order valence-electron chi connectivity index (χ1n) is 9.36. The van der Waals surface area contributed by atoms with Crippen molar-refractivity contribution in [2.45, 2.75) is 12.5 Å². The quantitative estimate of drug-likeness (QED) is 0.643. The minimum atomic E-state index is -0.319. The molecule has 0 saturated carbocycles. The molecule has 0 radical (unpaired) electrons. The number of carbonyl (C=O) groups is 1. The molecule has 29 heavy (non-hydrogen) atoms. The van der Waals surface area contributed by atoms with Gasteiger partial charge in [-0.25, -0.2) is 0 Å². The van der Waals surface area contributed by atoms with E-state index in [4.69, 9.17) is 21.8 Å². The van der Waals surface area contributed by atoms with Crippen LogP contribution in [0.1, 0.15) is 28.3 Å². The number of nitrogens with one attached hydrogen (secondary N) is 1. The van der Waals surface area contributed by atoms with Crippen LogP contribution in [0.2, 0.25) is 5.02 Å². The fourth-order valence-electron chi connectivity index (χ4n) is 3.16. The van der Waals surface area contributed by atoms with Crippen LogP contribution in [0.5, 0.6) is 0 Å². The molecule has 1 atom stereocenters. The van der Waals surface area contributed by atoms with Crippen LogP contribution in [-0.4, -0.2) is 25.0 Å². The minimum absolute atomic E-state index is 0.208. The molecule has 3 aromatic rings. The van der Waals surface area contributed by atoms with Crippen molar-refractivity contribution in [1.82, 2.24) is 0 Å². The predicted octanol–water partition coefficient (Wildman–Crippen LogP) is 4.12. The van der Waals surface area contributed by atoms with Crippen LogP contribution in [0.3, 0.4) is 0 Å². The van der Waals surface area contributed by atoms with Crippen molar-refractivity contribution < 1.29 is 9.21 Å². The molecule has 1 aliphatic rings. The summed E-state index contributed by atoms with van der Waals surface area (Å²) in [6, 6.07) is 18.4. The normalized spacial score (nSPS) is 15.7. The van der Waals surface area contributed by atoms with Crippen molar-refractivity contribution in [3.63, 3.8) is 0 Å². The fraction of sp³-hybridized carbons (Fsp3) is 0.174. The average Bonchev–Trinajstić information content (AvgIpc) is 3.37. The van der Waals surface area contributed by atoms with Gasteiger partial charge in [-0.2, -0.15) is 0 Å². The van der Waals surface area contributed by atoms with E-state index in [1.807, 2.05) is 36.4 Å². The van der Waals surface area contributed by atoms with Crippen LogP contribution < -0.4 is 16.0 Å². The SMILES string of the molecule is NC1CCN(c2ccc(NC(=O)c3ccc(C#Cc4ccc(Cl)cc4)o3)cc2)C1. The lowest BCUT2D eigenvalue weighted by molar-refractivity contribution is 0.0996. The number of hydrogen-bond acceptors (Lipinski definition) is 4. The van der Waals surface area contributed by atoms with Gasteiger partial charge in [0.25, 0.3) is 5.91 Å². The number of rotatable bonds is 3. The Balaban J connectivity index is 1.38. The van der Waals surface area contributed by atoms with Gasteiger partial charge in [0.1, 0.15) is 0 Å². The van der Waals surface area contributed by atoms with Crippen LogP contribution >= 0.6 is 11.6 Å². The second-order valence-corrected chi connectivity index (χ2v) is 7.35. The Morgan fingerprint density at radius 1 is 1.07 bits per heavy atom. The molecule has 1 unspecified atom stereocenters. The minimum Gasteiger partial charge on any atom is -0.443 e. The van der Waals surface area contributed by atoms with Gasteiger partial charge in [-0.15, -0.1) is 0 Å². The van der Waals surface area contributed by atoms with Gasteiger partial charge in [-0.3, -0.25) is 4.79 Å². The second-order valence-electron chi connectivity index (χ2n) is 6.92. The fourth-order valence-corrected chi connectivity index (χ4v) is 3.29. The standard InChI is InChI=1S/C23H20ClN3O2/c24-17-4-1-16(2-5-17)3-10-21-11-12-22(29-21)23(28)26-19-6-8-20(9-7-19)27-14-13-18(25)15-27/h1-2,4-9,11-12,18H,13-15,25H2,(H,26,28). The zero-order valence-electron chi connectivity index (χ0n) is 15.7. The molecular formula is C23H20ClN3O2. The summed E-state index contributed by atoms with van der Waals surface area (Å²) in [5.41, 5.74) is 8.58.